The fourth-order valence-electron chi connectivity index (χ4n) is 5.80. The lowest BCUT2D eigenvalue weighted by atomic mass is 9.91. The molecule has 2 heterocycles. The van der Waals surface area contributed by atoms with Crippen molar-refractivity contribution >= 4 is 46.4 Å². The van der Waals surface area contributed by atoms with Gasteiger partial charge in [-0.15, -0.1) is 0 Å². The molecule has 0 radical (unpaired) electrons. The Morgan fingerprint density at radius 3 is 2.39 bits per heavy atom. The van der Waals surface area contributed by atoms with Gasteiger partial charge in [0.25, 0.3) is 11.2 Å². The molecular formula is C39H34ClN3O7S. The summed E-state index contributed by atoms with van der Waals surface area (Å²) in [5.41, 5.74) is 4.25. The van der Waals surface area contributed by atoms with Gasteiger partial charge in [0.05, 0.1) is 45.5 Å². The van der Waals surface area contributed by atoms with Crippen molar-refractivity contribution in [2.24, 2.45) is 4.99 Å². The SMILES string of the molecule is CCOC(=O)C1=C(c2ccccc2)N=c2s/c(=C\c3cc(Cl)c(OCc4ccc([N+](=O)[O-])cc4)c(OC)c3)c(=O)n2[C@H]1c1ccc(C(C)C)cc1. The second kappa shape index (κ2) is 15.2. The fraction of sp³-hybridized carbons (Fsp3) is 0.205. The number of hydrogen-bond donors (Lipinski definition) is 0. The Morgan fingerprint density at radius 1 is 1.06 bits per heavy atom. The number of fused-ring (bicyclic) bond motifs is 1. The molecule has 1 atom stereocenters. The highest BCUT2D eigenvalue weighted by Crippen LogP contribution is 2.38. The summed E-state index contributed by atoms with van der Waals surface area (Å²) in [4.78, 5) is 44.0. The van der Waals surface area contributed by atoms with Gasteiger partial charge < -0.3 is 14.2 Å². The van der Waals surface area contributed by atoms with Crippen molar-refractivity contribution in [1.82, 2.24) is 4.57 Å². The van der Waals surface area contributed by atoms with Crippen LogP contribution in [0.2, 0.25) is 5.02 Å². The largest absolute Gasteiger partial charge is 0.493 e. The number of nitro benzene ring substituents is 1. The van der Waals surface area contributed by atoms with Crippen LogP contribution in [0.25, 0.3) is 11.8 Å². The maximum absolute atomic E-state index is 14.4. The Bertz CT molecular complexity index is 2310. The number of esters is 1. The lowest BCUT2D eigenvalue weighted by molar-refractivity contribution is -0.384. The number of non-ortho nitro benzene ring substituents is 1. The van der Waals surface area contributed by atoms with Crippen molar-refractivity contribution in [2.45, 2.75) is 39.3 Å². The first-order chi connectivity index (χ1) is 24.6. The number of thiazole rings is 1. The van der Waals surface area contributed by atoms with Crippen molar-refractivity contribution < 1.29 is 23.9 Å². The first-order valence-electron chi connectivity index (χ1n) is 16.2. The summed E-state index contributed by atoms with van der Waals surface area (Å²) in [6, 6.07) is 25.9. The van der Waals surface area contributed by atoms with Gasteiger partial charge in [0, 0.05) is 17.7 Å². The molecule has 0 spiro atoms. The lowest BCUT2D eigenvalue weighted by Crippen LogP contribution is -2.40. The van der Waals surface area contributed by atoms with Gasteiger partial charge >= 0.3 is 5.97 Å². The van der Waals surface area contributed by atoms with Crippen LogP contribution in [0.1, 0.15) is 60.5 Å². The molecule has 1 aromatic heterocycles. The average Bonchev–Trinajstić information content (AvgIpc) is 3.44. The number of rotatable bonds is 11. The number of halogens is 1. The zero-order chi connectivity index (χ0) is 36.2. The van der Waals surface area contributed by atoms with E-state index in [1.54, 1.807) is 41.8 Å². The Labute approximate surface area is 302 Å². The van der Waals surface area contributed by atoms with Crippen LogP contribution < -0.4 is 24.4 Å². The molecule has 0 aliphatic carbocycles. The number of carbonyl (C=O) groups excluding carboxylic acids is 1. The second-order valence-electron chi connectivity index (χ2n) is 12.0. The van der Waals surface area contributed by atoms with Crippen molar-refractivity contribution in [3.63, 3.8) is 0 Å². The minimum absolute atomic E-state index is 0.0206. The highest BCUT2D eigenvalue weighted by molar-refractivity contribution is 7.07. The van der Waals surface area contributed by atoms with Gasteiger partial charge in [0.15, 0.2) is 16.3 Å². The van der Waals surface area contributed by atoms with Crippen molar-refractivity contribution in [3.8, 4) is 11.5 Å². The maximum Gasteiger partial charge on any atom is 0.338 e. The third kappa shape index (κ3) is 7.35. The van der Waals surface area contributed by atoms with Crippen molar-refractivity contribution in [1.29, 1.82) is 0 Å². The topological polar surface area (TPSA) is 122 Å². The van der Waals surface area contributed by atoms with Crippen LogP contribution in [0.5, 0.6) is 11.5 Å². The molecule has 0 N–H and O–H groups in total. The summed E-state index contributed by atoms with van der Waals surface area (Å²) < 4.78 is 19.1. The monoisotopic (exact) mass is 723 g/mol. The van der Waals surface area contributed by atoms with Crippen LogP contribution in [-0.2, 0) is 16.1 Å². The summed E-state index contributed by atoms with van der Waals surface area (Å²) in [7, 11) is 1.48. The number of ether oxygens (including phenoxy) is 3. The zero-order valence-corrected chi connectivity index (χ0v) is 29.9. The van der Waals surface area contributed by atoms with E-state index in [2.05, 4.69) is 13.8 Å². The van der Waals surface area contributed by atoms with E-state index >= 15 is 0 Å². The number of nitrogens with zero attached hydrogens (tertiary/aromatic N) is 3. The van der Waals surface area contributed by atoms with E-state index in [4.69, 9.17) is 30.8 Å². The molecule has 0 amide bonds. The average molecular weight is 724 g/mol. The Kier molecular flexibility index (Phi) is 10.5. The van der Waals surface area contributed by atoms with Crippen LogP contribution in [0.4, 0.5) is 5.69 Å². The number of nitro groups is 1. The first kappa shape index (κ1) is 35.3. The zero-order valence-electron chi connectivity index (χ0n) is 28.3. The number of hydrogen-bond acceptors (Lipinski definition) is 9. The molecule has 0 fully saturated rings. The summed E-state index contributed by atoms with van der Waals surface area (Å²) in [5.74, 6) is 0.368. The van der Waals surface area contributed by atoms with Gasteiger partial charge in [-0.05, 0) is 65.4 Å². The minimum atomic E-state index is -0.799. The molecule has 12 heteroatoms. The van der Waals surface area contributed by atoms with Gasteiger partial charge in [-0.1, -0.05) is 91.4 Å². The number of aromatic nitrogens is 1. The van der Waals surface area contributed by atoms with Crippen LogP contribution in [0, 0.1) is 10.1 Å². The first-order valence-corrected chi connectivity index (χ1v) is 17.4. The smallest absolute Gasteiger partial charge is 0.338 e. The minimum Gasteiger partial charge on any atom is -0.493 e. The van der Waals surface area contributed by atoms with Crippen LogP contribution in [0.3, 0.4) is 0 Å². The van der Waals surface area contributed by atoms with Crippen molar-refractivity contribution in [3.05, 3.63) is 159 Å². The summed E-state index contributed by atoms with van der Waals surface area (Å²) in [5, 5.41) is 11.2. The normalized spacial score (nSPS) is 14.2. The number of methoxy groups -OCH3 is 1. The van der Waals surface area contributed by atoms with Gasteiger partial charge in [0.1, 0.15) is 6.61 Å². The maximum atomic E-state index is 14.4. The van der Waals surface area contributed by atoms with Crippen LogP contribution in [0.15, 0.2) is 106 Å². The van der Waals surface area contributed by atoms with Crippen LogP contribution in [-0.4, -0.2) is 29.2 Å². The molecule has 0 saturated carbocycles. The van der Waals surface area contributed by atoms with E-state index in [9.17, 15) is 19.7 Å². The Morgan fingerprint density at radius 2 is 1.76 bits per heavy atom. The number of carbonyl (C=O) groups is 1. The standard InChI is InChI=1S/C39H34ClN3O7S/c1-5-49-38(45)33-34(27-9-7-6-8-10-27)41-39-42(35(33)28-15-13-26(14-16-28)23(2)3)37(44)32(51-39)21-25-19-30(40)36(31(20-25)48-4)50-22-24-11-17-29(18-12-24)43(46)47/h6-21,23,35H,5,22H2,1-4H3/b32-21-/t35-/m0/s1. The highest BCUT2D eigenvalue weighted by atomic mass is 35.5. The molecule has 4 aromatic carbocycles. The predicted molar refractivity (Wildman–Crippen MR) is 197 cm³/mol. The molecule has 10 nitrogen and oxygen atoms in total. The Balaban J connectivity index is 1.46. The van der Waals surface area contributed by atoms with Gasteiger partial charge in [-0.2, -0.15) is 0 Å². The quantitative estimate of drug-likeness (QED) is 0.0802. The van der Waals surface area contributed by atoms with Gasteiger partial charge in [-0.25, -0.2) is 9.79 Å². The van der Waals surface area contributed by atoms with Crippen molar-refractivity contribution in [2.75, 3.05) is 13.7 Å². The molecular weight excluding hydrogens is 690 g/mol. The Hall–Kier alpha value is -5.52. The van der Waals surface area contributed by atoms with E-state index < -0.39 is 16.9 Å². The number of benzene rings is 4. The molecule has 0 unspecified atom stereocenters. The van der Waals surface area contributed by atoms with E-state index in [1.165, 1.54) is 30.6 Å². The van der Waals surface area contributed by atoms with Crippen LogP contribution >= 0.6 is 22.9 Å². The van der Waals surface area contributed by atoms with E-state index in [-0.39, 0.29) is 40.8 Å². The molecule has 1 aliphatic rings. The van der Waals surface area contributed by atoms with Gasteiger partial charge in [-0.3, -0.25) is 19.5 Å². The highest BCUT2D eigenvalue weighted by Gasteiger charge is 2.35. The third-order valence-corrected chi connectivity index (χ3v) is 9.64. The molecule has 1 aliphatic heterocycles. The summed E-state index contributed by atoms with van der Waals surface area (Å²) in [6.07, 6.45) is 1.70. The molecule has 5 aromatic rings. The summed E-state index contributed by atoms with van der Waals surface area (Å²) >= 11 is 7.89. The molecule has 260 valence electrons. The third-order valence-electron chi connectivity index (χ3n) is 8.37. The second-order valence-corrected chi connectivity index (χ2v) is 13.4. The molecule has 0 saturated heterocycles. The lowest BCUT2D eigenvalue weighted by Gasteiger charge is -2.26. The molecule has 6 rings (SSSR count). The van der Waals surface area contributed by atoms with Gasteiger partial charge in [0.2, 0.25) is 0 Å². The van der Waals surface area contributed by atoms with E-state index in [0.29, 0.717) is 37.8 Å². The molecule has 51 heavy (non-hydrogen) atoms. The van der Waals surface area contributed by atoms with E-state index in [0.717, 1.165) is 16.7 Å². The predicted octanol–water partition coefficient (Wildman–Crippen LogP) is 7.21. The molecule has 0 bridgehead atoms. The summed E-state index contributed by atoms with van der Waals surface area (Å²) in [6.45, 7) is 6.21. The fourth-order valence-corrected chi connectivity index (χ4v) is 7.08. The van der Waals surface area contributed by atoms with E-state index in [1.807, 2.05) is 54.6 Å².